The summed E-state index contributed by atoms with van der Waals surface area (Å²) in [6, 6.07) is 17.8. The van der Waals surface area contributed by atoms with Crippen LogP contribution >= 0.6 is 0 Å². The summed E-state index contributed by atoms with van der Waals surface area (Å²) in [5.74, 6) is 0.313. The molecule has 0 aliphatic carbocycles. The van der Waals surface area contributed by atoms with Crippen LogP contribution < -0.4 is 0 Å². The van der Waals surface area contributed by atoms with Gasteiger partial charge in [-0.25, -0.2) is 0 Å². The molecule has 0 amide bonds. The summed E-state index contributed by atoms with van der Waals surface area (Å²) in [4.78, 5) is 0. The quantitative estimate of drug-likeness (QED) is 0.794. The molecule has 84 valence electrons. The van der Waals surface area contributed by atoms with E-state index in [-0.39, 0.29) is 35.0 Å². The average Bonchev–Trinajstić information content (AvgIpc) is 2.31. The molecule has 17 heavy (non-hydrogen) atoms. The molecule has 0 heterocycles. The van der Waals surface area contributed by atoms with E-state index in [1.54, 1.807) is 12.1 Å². The van der Waals surface area contributed by atoms with E-state index in [1.165, 1.54) is 11.1 Å². The first kappa shape index (κ1) is 14.3. The van der Waals surface area contributed by atoms with Crippen molar-refractivity contribution in [2.75, 3.05) is 0 Å². The van der Waals surface area contributed by atoms with E-state index in [0.717, 1.165) is 0 Å². The molecule has 0 saturated carbocycles. The van der Waals surface area contributed by atoms with E-state index in [0.29, 0.717) is 5.75 Å². The molecule has 0 aromatic heterocycles. The molecule has 0 aliphatic heterocycles. The van der Waals surface area contributed by atoms with Gasteiger partial charge in [0.15, 0.2) is 0 Å². The Morgan fingerprint density at radius 3 is 1.76 bits per heavy atom. The summed E-state index contributed by atoms with van der Waals surface area (Å²) in [5, 5.41) is 9.29. The van der Waals surface area contributed by atoms with Crippen LogP contribution in [0.25, 0.3) is 0 Å². The van der Waals surface area contributed by atoms with E-state index in [1.807, 2.05) is 18.2 Å². The predicted octanol–water partition coefficient (Wildman–Crippen LogP) is 3.07. The first-order valence-corrected chi connectivity index (χ1v) is 5.46. The van der Waals surface area contributed by atoms with Crippen molar-refractivity contribution in [2.45, 2.75) is 19.3 Å². The first-order valence-electron chi connectivity index (χ1n) is 5.46. The summed E-state index contributed by atoms with van der Waals surface area (Å²) in [7, 11) is 0. The van der Waals surface area contributed by atoms with Crippen molar-refractivity contribution in [3.63, 3.8) is 0 Å². The van der Waals surface area contributed by atoms with Gasteiger partial charge in [0, 0.05) is 5.41 Å². The van der Waals surface area contributed by atoms with Gasteiger partial charge in [-0.1, -0.05) is 56.3 Å². The number of benzene rings is 2. The summed E-state index contributed by atoms with van der Waals surface area (Å²) < 4.78 is 0. The fourth-order valence-corrected chi connectivity index (χ4v) is 1.90. The van der Waals surface area contributed by atoms with Crippen LogP contribution in [0.3, 0.4) is 0 Å². The Kier molecular flexibility index (Phi) is 4.81. The molecule has 2 aromatic rings. The zero-order chi connectivity index (χ0) is 11.6. The predicted molar refractivity (Wildman–Crippen MR) is 73.8 cm³/mol. The van der Waals surface area contributed by atoms with Crippen LogP contribution in [0.15, 0.2) is 54.6 Å². The topological polar surface area (TPSA) is 20.2 Å². The van der Waals surface area contributed by atoms with Crippen molar-refractivity contribution in [1.29, 1.82) is 0 Å². The van der Waals surface area contributed by atoms with E-state index in [2.05, 4.69) is 38.1 Å². The summed E-state index contributed by atoms with van der Waals surface area (Å²) in [6.07, 6.45) is 0. The number of rotatable bonds is 2. The molecule has 0 saturated heterocycles. The van der Waals surface area contributed by atoms with Crippen LogP contribution in [0.4, 0.5) is 0 Å². The normalized spacial score (nSPS) is 10.7. The zero-order valence-electron chi connectivity index (χ0n) is 9.64. The second kappa shape index (κ2) is 5.72. The van der Waals surface area contributed by atoms with Gasteiger partial charge in [0.05, 0.1) is 0 Å². The number of aromatic hydroxyl groups is 1. The van der Waals surface area contributed by atoms with Gasteiger partial charge < -0.3 is 5.11 Å². The second-order valence-electron chi connectivity index (χ2n) is 4.54. The molecule has 2 rings (SSSR count). The van der Waals surface area contributed by atoms with Gasteiger partial charge in [-0.15, -0.1) is 0 Å². The van der Waals surface area contributed by atoms with E-state index in [9.17, 15) is 5.11 Å². The molecule has 0 fully saturated rings. The van der Waals surface area contributed by atoms with E-state index >= 15 is 0 Å². The van der Waals surface area contributed by atoms with Gasteiger partial charge in [-0.2, -0.15) is 0 Å². The molecule has 2 heteroatoms. The first-order chi connectivity index (χ1) is 7.60. The molecular formula is C15H17NaO. The second-order valence-corrected chi connectivity index (χ2v) is 4.54. The van der Waals surface area contributed by atoms with E-state index in [4.69, 9.17) is 0 Å². The van der Waals surface area contributed by atoms with Gasteiger partial charge in [-0.3, -0.25) is 0 Å². The Hall–Kier alpha value is -0.760. The molecule has 0 bridgehead atoms. The molecule has 2 aromatic carbocycles. The summed E-state index contributed by atoms with van der Waals surface area (Å²) >= 11 is 0. The maximum atomic E-state index is 9.29. The number of phenolic OH excluding ortho intramolecular Hbond substituents is 1. The minimum absolute atomic E-state index is 0. The third-order valence-corrected chi connectivity index (χ3v) is 3.08. The Morgan fingerprint density at radius 1 is 0.765 bits per heavy atom. The standard InChI is InChI=1S/C15H16O.Na.H/c1-15(2,12-6-4-3-5-7-12)13-8-10-14(16)11-9-13;;/h3-11,16H,1-2H3;;. The van der Waals surface area contributed by atoms with E-state index < -0.39 is 0 Å². The molecule has 0 aliphatic rings. The van der Waals surface area contributed by atoms with Crippen LogP contribution in [0.5, 0.6) is 5.75 Å². The number of phenols is 1. The van der Waals surface area contributed by atoms with Crippen molar-refractivity contribution in [3.05, 3.63) is 65.7 Å². The SMILES string of the molecule is CC(C)(c1ccccc1)c1ccc(O)cc1.[NaH]. The molecule has 0 unspecified atom stereocenters. The zero-order valence-corrected chi connectivity index (χ0v) is 9.64. The fraction of sp³-hybridized carbons (Fsp3) is 0.200. The molecule has 0 atom stereocenters. The average molecular weight is 236 g/mol. The molecule has 0 spiro atoms. The number of hydrogen-bond acceptors (Lipinski definition) is 1. The van der Waals surface area contributed by atoms with Gasteiger partial charge in [0.2, 0.25) is 0 Å². The third-order valence-electron chi connectivity index (χ3n) is 3.08. The summed E-state index contributed by atoms with van der Waals surface area (Å²) in [5.41, 5.74) is 2.45. The molecule has 0 radical (unpaired) electrons. The fourth-order valence-electron chi connectivity index (χ4n) is 1.90. The van der Waals surface area contributed by atoms with Gasteiger partial charge in [0.25, 0.3) is 0 Å². The van der Waals surface area contributed by atoms with Crippen LogP contribution in [0, 0.1) is 0 Å². The van der Waals surface area contributed by atoms with Crippen molar-refractivity contribution >= 4 is 29.6 Å². The number of hydrogen-bond donors (Lipinski definition) is 1. The Balaban J connectivity index is 0.00000144. The van der Waals surface area contributed by atoms with Crippen molar-refractivity contribution in [3.8, 4) is 5.75 Å². The van der Waals surface area contributed by atoms with Crippen LogP contribution in [0.1, 0.15) is 25.0 Å². The van der Waals surface area contributed by atoms with Gasteiger partial charge >= 0.3 is 29.6 Å². The van der Waals surface area contributed by atoms with Crippen molar-refractivity contribution in [2.24, 2.45) is 0 Å². The third kappa shape index (κ3) is 3.12. The van der Waals surface area contributed by atoms with Crippen molar-refractivity contribution < 1.29 is 5.11 Å². The van der Waals surface area contributed by atoms with Crippen LogP contribution in [0.2, 0.25) is 0 Å². The molecule has 1 nitrogen and oxygen atoms in total. The van der Waals surface area contributed by atoms with Gasteiger partial charge in [0.1, 0.15) is 5.75 Å². The Bertz CT molecular complexity index is 460. The van der Waals surface area contributed by atoms with Crippen LogP contribution in [-0.4, -0.2) is 34.7 Å². The minimum atomic E-state index is -0.0328. The molecule has 1 N–H and O–H groups in total. The molecular weight excluding hydrogens is 219 g/mol. The summed E-state index contributed by atoms with van der Waals surface area (Å²) in [6.45, 7) is 4.38. The Morgan fingerprint density at radius 2 is 1.24 bits per heavy atom. The Labute approximate surface area is 125 Å². The van der Waals surface area contributed by atoms with Crippen molar-refractivity contribution in [1.82, 2.24) is 0 Å². The maximum absolute atomic E-state index is 9.29. The van der Waals surface area contributed by atoms with Gasteiger partial charge in [-0.05, 0) is 23.3 Å². The van der Waals surface area contributed by atoms with Crippen LogP contribution in [-0.2, 0) is 5.41 Å². The monoisotopic (exact) mass is 236 g/mol.